The minimum absolute atomic E-state index is 0.121. The summed E-state index contributed by atoms with van der Waals surface area (Å²) in [5.41, 5.74) is 0. The van der Waals surface area contributed by atoms with E-state index in [2.05, 4.69) is 18.9 Å². The van der Waals surface area contributed by atoms with Gasteiger partial charge in [-0.25, -0.2) is 0 Å². The summed E-state index contributed by atoms with van der Waals surface area (Å²) in [6, 6.07) is 0. The second-order valence-electron chi connectivity index (χ2n) is 4.23. The number of methoxy groups -OCH3 is 1. The van der Waals surface area contributed by atoms with E-state index in [0.29, 0.717) is 6.61 Å². The third kappa shape index (κ3) is 10.5. The summed E-state index contributed by atoms with van der Waals surface area (Å²) >= 11 is 6.07. The largest absolute Gasteiger partial charge is 0.383 e. The zero-order chi connectivity index (χ0) is 11.5. The first-order valence-corrected chi connectivity index (χ1v) is 6.45. The highest BCUT2D eigenvalue weighted by atomic mass is 35.5. The highest BCUT2D eigenvalue weighted by Crippen LogP contribution is 2.05. The van der Waals surface area contributed by atoms with Crippen LogP contribution >= 0.6 is 11.6 Å². The molecule has 0 spiro atoms. The van der Waals surface area contributed by atoms with Crippen molar-refractivity contribution in [1.82, 2.24) is 4.90 Å². The maximum Gasteiger partial charge on any atom is 0.0696 e. The molecule has 0 radical (unpaired) electrons. The fraction of sp³-hybridized carbons (Fsp3) is 1.00. The molecule has 0 aromatic rings. The first-order chi connectivity index (χ1) is 7.20. The van der Waals surface area contributed by atoms with Gasteiger partial charge in [-0.05, 0) is 20.0 Å². The Kier molecular flexibility index (Phi) is 10.9. The second kappa shape index (κ2) is 10.7. The van der Waals surface area contributed by atoms with Crippen molar-refractivity contribution in [3.8, 4) is 0 Å². The van der Waals surface area contributed by atoms with Crippen molar-refractivity contribution >= 4 is 11.6 Å². The summed E-state index contributed by atoms with van der Waals surface area (Å²) in [6.07, 6.45) is 6.67. The molecule has 0 aliphatic heterocycles. The number of rotatable bonds is 10. The topological polar surface area (TPSA) is 12.5 Å². The van der Waals surface area contributed by atoms with Crippen molar-refractivity contribution in [2.45, 2.75) is 44.4 Å². The highest BCUT2D eigenvalue weighted by Gasteiger charge is 2.07. The summed E-state index contributed by atoms with van der Waals surface area (Å²) in [4.78, 5) is 2.29. The van der Waals surface area contributed by atoms with Crippen molar-refractivity contribution in [2.24, 2.45) is 0 Å². The molecule has 0 heterocycles. The van der Waals surface area contributed by atoms with Crippen molar-refractivity contribution in [1.29, 1.82) is 0 Å². The summed E-state index contributed by atoms with van der Waals surface area (Å²) in [5, 5.41) is 0.121. The predicted octanol–water partition coefficient (Wildman–Crippen LogP) is 3.14. The minimum atomic E-state index is 0.121. The molecule has 0 rings (SSSR count). The Morgan fingerprint density at radius 2 is 1.87 bits per heavy atom. The number of halogens is 1. The zero-order valence-electron chi connectivity index (χ0n) is 10.5. The molecule has 3 heteroatoms. The maximum absolute atomic E-state index is 6.07. The molecule has 0 aliphatic rings. The van der Waals surface area contributed by atoms with Crippen LogP contribution in [0, 0.1) is 0 Å². The van der Waals surface area contributed by atoms with E-state index in [1.807, 2.05) is 0 Å². The molecule has 0 aromatic carbocycles. The number of hydrogen-bond donors (Lipinski definition) is 0. The third-order valence-corrected chi connectivity index (χ3v) is 2.76. The monoisotopic (exact) mass is 235 g/mol. The molecule has 1 unspecified atom stereocenters. The van der Waals surface area contributed by atoms with Crippen LogP contribution in [0.3, 0.4) is 0 Å². The van der Waals surface area contributed by atoms with Crippen molar-refractivity contribution in [3.05, 3.63) is 0 Å². The van der Waals surface area contributed by atoms with Gasteiger partial charge in [0.25, 0.3) is 0 Å². The highest BCUT2D eigenvalue weighted by molar-refractivity contribution is 6.20. The number of ether oxygens (including phenoxy) is 1. The maximum atomic E-state index is 6.07. The normalized spacial score (nSPS) is 13.4. The van der Waals surface area contributed by atoms with Gasteiger partial charge in [-0.1, -0.05) is 32.6 Å². The molecule has 15 heavy (non-hydrogen) atoms. The van der Waals surface area contributed by atoms with Crippen LogP contribution in [-0.2, 0) is 4.74 Å². The smallest absolute Gasteiger partial charge is 0.0696 e. The average molecular weight is 236 g/mol. The Bertz CT molecular complexity index is 133. The van der Waals surface area contributed by atoms with Crippen molar-refractivity contribution < 1.29 is 4.74 Å². The molecule has 0 N–H and O–H groups in total. The molecule has 0 aromatic heterocycles. The van der Waals surface area contributed by atoms with Gasteiger partial charge >= 0.3 is 0 Å². The van der Waals surface area contributed by atoms with Crippen LogP contribution < -0.4 is 0 Å². The van der Waals surface area contributed by atoms with Crippen LogP contribution in [0.1, 0.15) is 39.0 Å². The van der Waals surface area contributed by atoms with E-state index in [4.69, 9.17) is 16.3 Å². The molecular formula is C12H26ClNO. The van der Waals surface area contributed by atoms with Gasteiger partial charge in [-0.3, -0.25) is 0 Å². The lowest BCUT2D eigenvalue weighted by atomic mass is 10.1. The van der Waals surface area contributed by atoms with Crippen LogP contribution in [0.4, 0.5) is 0 Å². The van der Waals surface area contributed by atoms with Crippen LogP contribution in [0.15, 0.2) is 0 Å². The van der Waals surface area contributed by atoms with Gasteiger partial charge in [0.1, 0.15) is 0 Å². The lowest BCUT2D eigenvalue weighted by Crippen LogP contribution is -2.29. The Morgan fingerprint density at radius 3 is 2.47 bits per heavy atom. The summed E-state index contributed by atoms with van der Waals surface area (Å²) < 4.78 is 5.00. The molecule has 0 amide bonds. The van der Waals surface area contributed by atoms with Crippen molar-refractivity contribution in [2.75, 3.05) is 33.9 Å². The van der Waals surface area contributed by atoms with E-state index in [-0.39, 0.29) is 5.38 Å². The van der Waals surface area contributed by atoms with Crippen LogP contribution in [0.25, 0.3) is 0 Å². The first-order valence-electron chi connectivity index (χ1n) is 6.02. The van der Waals surface area contributed by atoms with Gasteiger partial charge < -0.3 is 9.64 Å². The van der Waals surface area contributed by atoms with Crippen molar-refractivity contribution in [3.63, 3.8) is 0 Å². The molecule has 0 fully saturated rings. The van der Waals surface area contributed by atoms with Gasteiger partial charge in [0.2, 0.25) is 0 Å². The molecule has 92 valence electrons. The van der Waals surface area contributed by atoms with Crippen LogP contribution in [-0.4, -0.2) is 44.1 Å². The third-order valence-electron chi connectivity index (χ3n) is 2.50. The van der Waals surface area contributed by atoms with E-state index in [1.165, 1.54) is 32.1 Å². The van der Waals surface area contributed by atoms with Gasteiger partial charge in [0, 0.05) is 13.7 Å². The summed E-state index contributed by atoms with van der Waals surface area (Å²) in [5.74, 6) is 0. The molecule has 0 aliphatic carbocycles. The van der Waals surface area contributed by atoms with Crippen LogP contribution in [0.2, 0.25) is 0 Å². The quantitative estimate of drug-likeness (QED) is 0.426. The zero-order valence-corrected chi connectivity index (χ0v) is 11.2. The van der Waals surface area contributed by atoms with Gasteiger partial charge in [-0.15, -0.1) is 11.6 Å². The Hall–Kier alpha value is 0.210. The van der Waals surface area contributed by atoms with Gasteiger partial charge in [-0.2, -0.15) is 0 Å². The van der Waals surface area contributed by atoms with E-state index in [9.17, 15) is 0 Å². The molecule has 0 saturated heterocycles. The Morgan fingerprint density at radius 1 is 1.20 bits per heavy atom. The van der Waals surface area contributed by atoms with Crippen LogP contribution in [0.5, 0.6) is 0 Å². The predicted molar refractivity (Wildman–Crippen MR) is 67.8 cm³/mol. The van der Waals surface area contributed by atoms with Gasteiger partial charge in [0.15, 0.2) is 0 Å². The SMILES string of the molecule is CCCCCCCN(C)CC(Cl)COC. The van der Waals surface area contributed by atoms with E-state index < -0.39 is 0 Å². The fourth-order valence-electron chi connectivity index (χ4n) is 1.65. The fourth-order valence-corrected chi connectivity index (χ4v) is 2.01. The number of alkyl halides is 1. The second-order valence-corrected chi connectivity index (χ2v) is 4.85. The Labute approximate surface area is 99.9 Å². The van der Waals surface area contributed by atoms with E-state index in [0.717, 1.165) is 13.1 Å². The molecule has 2 nitrogen and oxygen atoms in total. The molecule has 1 atom stereocenters. The molecular weight excluding hydrogens is 210 g/mol. The number of hydrogen-bond acceptors (Lipinski definition) is 2. The summed E-state index contributed by atoms with van der Waals surface area (Å²) in [6.45, 7) is 4.95. The number of nitrogens with zero attached hydrogens (tertiary/aromatic N) is 1. The lowest BCUT2D eigenvalue weighted by Gasteiger charge is -2.19. The lowest BCUT2D eigenvalue weighted by molar-refractivity contribution is 0.182. The first kappa shape index (κ1) is 15.2. The average Bonchev–Trinajstić information content (AvgIpc) is 2.17. The molecule has 0 saturated carbocycles. The minimum Gasteiger partial charge on any atom is -0.383 e. The van der Waals surface area contributed by atoms with E-state index >= 15 is 0 Å². The number of unbranched alkanes of at least 4 members (excludes halogenated alkanes) is 4. The summed E-state index contributed by atoms with van der Waals surface area (Å²) in [7, 11) is 3.82. The Balaban J connectivity index is 3.28. The molecule has 0 bridgehead atoms. The standard InChI is InChI=1S/C12H26ClNO/c1-4-5-6-7-8-9-14(2)10-12(13)11-15-3/h12H,4-11H2,1-3H3. The van der Waals surface area contributed by atoms with E-state index in [1.54, 1.807) is 7.11 Å². The van der Waals surface area contributed by atoms with Gasteiger partial charge in [0.05, 0.1) is 12.0 Å².